The molecule has 0 amide bonds. The molecule has 1 aliphatic heterocycles. The summed E-state index contributed by atoms with van der Waals surface area (Å²) in [6.45, 7) is 3.81. The molecule has 0 spiro atoms. The molecular formula is C24H48BrO6P. The highest BCUT2D eigenvalue weighted by atomic mass is 79.9. The Hall–Kier alpha value is 0.510. The normalized spacial score (nSPS) is 21.0. The van der Waals surface area contributed by atoms with Gasteiger partial charge in [-0.15, -0.1) is 0 Å². The van der Waals surface area contributed by atoms with Crippen molar-refractivity contribution in [2.75, 3.05) is 38.9 Å². The van der Waals surface area contributed by atoms with Crippen LogP contribution in [0.2, 0.25) is 0 Å². The summed E-state index contributed by atoms with van der Waals surface area (Å²) in [7, 11) is -2.20. The number of halogens is 1. The molecule has 0 aliphatic carbocycles. The molecule has 1 saturated heterocycles. The third-order valence-corrected chi connectivity index (χ3v) is 7.69. The van der Waals surface area contributed by atoms with E-state index in [0.29, 0.717) is 18.5 Å². The van der Waals surface area contributed by atoms with Crippen LogP contribution in [0.4, 0.5) is 0 Å². The number of ether oxygens (including phenoxy) is 2. The minimum Gasteiger partial charge on any atom is -0.373 e. The summed E-state index contributed by atoms with van der Waals surface area (Å²) in [6.07, 6.45) is 19.6. The average molecular weight is 544 g/mol. The molecule has 1 fully saturated rings. The first kappa shape index (κ1) is 30.5. The molecule has 0 N–H and O–H groups in total. The molecular weight excluding hydrogens is 495 g/mol. The molecule has 1 heterocycles. The Bertz CT molecular complexity index is 468. The molecule has 3 atom stereocenters. The van der Waals surface area contributed by atoms with Gasteiger partial charge in [-0.2, -0.15) is 0 Å². The molecule has 0 aromatic heterocycles. The molecule has 0 saturated carbocycles. The summed E-state index contributed by atoms with van der Waals surface area (Å²) >= 11 is 3.24. The van der Waals surface area contributed by atoms with Gasteiger partial charge < -0.3 is 9.47 Å². The Kier molecular flexibility index (Phi) is 19.9. The number of unbranched alkanes of at least 4 members (excludes halogenated alkanes) is 13. The SMILES string of the molecule is CCCCCCCCCCCCCCCC[C@H]1OCCO[C@@H]1COP(=O)(OC)OCCBr. The lowest BCUT2D eigenvalue weighted by Gasteiger charge is -2.32. The van der Waals surface area contributed by atoms with Crippen molar-refractivity contribution in [2.45, 2.75) is 115 Å². The van der Waals surface area contributed by atoms with Crippen molar-refractivity contribution in [1.82, 2.24) is 0 Å². The van der Waals surface area contributed by atoms with Crippen molar-refractivity contribution in [3.63, 3.8) is 0 Å². The molecule has 32 heavy (non-hydrogen) atoms. The number of rotatable bonds is 22. The number of alkyl halides is 1. The van der Waals surface area contributed by atoms with Crippen molar-refractivity contribution in [2.24, 2.45) is 0 Å². The van der Waals surface area contributed by atoms with Crippen molar-refractivity contribution >= 4 is 23.8 Å². The van der Waals surface area contributed by atoms with Gasteiger partial charge in [0.2, 0.25) is 0 Å². The first-order valence-electron chi connectivity index (χ1n) is 12.9. The van der Waals surface area contributed by atoms with E-state index >= 15 is 0 Å². The second-order valence-corrected chi connectivity index (χ2v) is 11.2. The van der Waals surface area contributed by atoms with E-state index in [-0.39, 0.29) is 25.4 Å². The molecule has 1 rings (SSSR count). The van der Waals surface area contributed by atoms with Crippen LogP contribution in [-0.2, 0) is 27.6 Å². The zero-order chi connectivity index (χ0) is 23.3. The monoisotopic (exact) mass is 542 g/mol. The van der Waals surface area contributed by atoms with Gasteiger partial charge >= 0.3 is 7.82 Å². The van der Waals surface area contributed by atoms with Crippen molar-refractivity contribution in [3.05, 3.63) is 0 Å². The fourth-order valence-corrected chi connectivity index (χ4v) is 5.37. The van der Waals surface area contributed by atoms with Crippen LogP contribution in [0.15, 0.2) is 0 Å². The number of hydrogen-bond donors (Lipinski definition) is 0. The number of hydrogen-bond acceptors (Lipinski definition) is 6. The Morgan fingerprint density at radius 3 is 1.78 bits per heavy atom. The maximum atomic E-state index is 12.4. The fourth-order valence-electron chi connectivity index (χ4n) is 4.03. The topological polar surface area (TPSA) is 63.2 Å². The summed E-state index contributed by atoms with van der Waals surface area (Å²) in [5, 5.41) is 0.564. The Labute approximate surface area is 205 Å². The molecule has 6 nitrogen and oxygen atoms in total. The maximum absolute atomic E-state index is 12.4. The summed E-state index contributed by atoms with van der Waals surface area (Å²) in [5.41, 5.74) is 0. The predicted octanol–water partition coefficient (Wildman–Crippen LogP) is 7.82. The van der Waals surface area contributed by atoms with Crippen molar-refractivity contribution in [3.8, 4) is 0 Å². The van der Waals surface area contributed by atoms with E-state index in [9.17, 15) is 4.57 Å². The summed E-state index contributed by atoms with van der Waals surface area (Å²) in [5.74, 6) is 0. The van der Waals surface area contributed by atoms with Crippen LogP contribution in [0.1, 0.15) is 103 Å². The van der Waals surface area contributed by atoms with E-state index in [0.717, 1.165) is 12.8 Å². The predicted molar refractivity (Wildman–Crippen MR) is 135 cm³/mol. The van der Waals surface area contributed by atoms with Crippen LogP contribution in [0.25, 0.3) is 0 Å². The third-order valence-electron chi connectivity index (χ3n) is 5.95. The summed E-state index contributed by atoms with van der Waals surface area (Å²) in [4.78, 5) is 0. The van der Waals surface area contributed by atoms with Crippen LogP contribution in [0.5, 0.6) is 0 Å². The smallest absolute Gasteiger partial charge is 0.373 e. The third kappa shape index (κ3) is 15.4. The highest BCUT2D eigenvalue weighted by Crippen LogP contribution is 2.48. The standard InChI is InChI=1S/C24H48BrO6P/c1-3-4-5-6-7-8-9-10-11-12-13-14-15-16-17-23-24(29-21-20-28-23)22-31-32(26,27-2)30-19-18-25/h23-24H,3-22H2,1-2H3/t23-,24-,32?/m1/s1. The zero-order valence-electron chi connectivity index (χ0n) is 20.6. The number of phosphoric acid groups is 1. The lowest BCUT2D eigenvalue weighted by Crippen LogP contribution is -2.41. The molecule has 1 aliphatic rings. The van der Waals surface area contributed by atoms with E-state index in [4.69, 9.17) is 23.0 Å². The van der Waals surface area contributed by atoms with Crippen LogP contribution < -0.4 is 0 Å². The van der Waals surface area contributed by atoms with Gasteiger partial charge in [0.1, 0.15) is 6.10 Å². The van der Waals surface area contributed by atoms with E-state index < -0.39 is 7.82 Å². The molecule has 8 heteroatoms. The maximum Gasteiger partial charge on any atom is 0.474 e. The highest BCUT2D eigenvalue weighted by molar-refractivity contribution is 9.09. The first-order chi connectivity index (χ1) is 15.6. The lowest BCUT2D eigenvalue weighted by molar-refractivity contribution is -0.154. The van der Waals surface area contributed by atoms with Crippen LogP contribution in [0, 0.1) is 0 Å². The van der Waals surface area contributed by atoms with E-state index in [2.05, 4.69) is 22.9 Å². The Morgan fingerprint density at radius 2 is 1.28 bits per heavy atom. The van der Waals surface area contributed by atoms with E-state index in [1.165, 1.54) is 90.6 Å². The lowest BCUT2D eigenvalue weighted by atomic mass is 10.0. The molecule has 0 bridgehead atoms. The van der Waals surface area contributed by atoms with Gasteiger partial charge in [-0.25, -0.2) is 4.57 Å². The van der Waals surface area contributed by atoms with Gasteiger partial charge in [0.25, 0.3) is 0 Å². The van der Waals surface area contributed by atoms with Gasteiger partial charge in [0.05, 0.1) is 32.5 Å². The van der Waals surface area contributed by atoms with Gasteiger partial charge in [-0.1, -0.05) is 113 Å². The van der Waals surface area contributed by atoms with Crippen LogP contribution >= 0.6 is 23.8 Å². The van der Waals surface area contributed by atoms with Crippen LogP contribution in [-0.4, -0.2) is 51.1 Å². The van der Waals surface area contributed by atoms with Crippen LogP contribution in [0.3, 0.4) is 0 Å². The van der Waals surface area contributed by atoms with Gasteiger partial charge in [0.15, 0.2) is 0 Å². The first-order valence-corrected chi connectivity index (χ1v) is 15.5. The largest absolute Gasteiger partial charge is 0.474 e. The Balaban J connectivity index is 2.05. The minimum absolute atomic E-state index is 0.0254. The van der Waals surface area contributed by atoms with Gasteiger partial charge in [-0.3, -0.25) is 13.6 Å². The zero-order valence-corrected chi connectivity index (χ0v) is 23.1. The molecule has 0 radical (unpaired) electrons. The van der Waals surface area contributed by atoms with Crippen molar-refractivity contribution in [1.29, 1.82) is 0 Å². The summed E-state index contributed by atoms with van der Waals surface area (Å²) in [6, 6.07) is 0. The van der Waals surface area contributed by atoms with E-state index in [1.54, 1.807) is 0 Å². The second-order valence-electron chi connectivity index (χ2n) is 8.65. The molecule has 1 unspecified atom stereocenters. The Morgan fingerprint density at radius 1 is 0.781 bits per heavy atom. The van der Waals surface area contributed by atoms with Crippen molar-refractivity contribution < 1.29 is 27.6 Å². The van der Waals surface area contributed by atoms with E-state index in [1.807, 2.05) is 0 Å². The average Bonchev–Trinajstić information content (AvgIpc) is 2.82. The fraction of sp³-hybridized carbons (Fsp3) is 1.00. The van der Waals surface area contributed by atoms with Gasteiger partial charge in [0, 0.05) is 12.4 Å². The highest BCUT2D eigenvalue weighted by Gasteiger charge is 2.32. The molecule has 0 aromatic carbocycles. The minimum atomic E-state index is -3.54. The quantitative estimate of drug-likeness (QED) is 0.0788. The molecule has 0 aromatic rings. The van der Waals surface area contributed by atoms with Gasteiger partial charge in [-0.05, 0) is 6.42 Å². The second kappa shape index (κ2) is 20.8. The summed E-state index contributed by atoms with van der Waals surface area (Å²) < 4.78 is 39.7. The molecule has 192 valence electrons. The number of phosphoric ester groups is 1.